The molecule has 0 saturated carbocycles. The maximum atomic E-state index is 11.9. The average molecular weight is 336 g/mol. The Labute approximate surface area is 144 Å². The minimum absolute atomic E-state index is 0.299. The van der Waals surface area contributed by atoms with Gasteiger partial charge in [-0.1, -0.05) is 18.2 Å². The van der Waals surface area contributed by atoms with Crippen molar-refractivity contribution >= 4 is 34.8 Å². The van der Waals surface area contributed by atoms with Crippen LogP contribution in [0.3, 0.4) is 0 Å². The van der Waals surface area contributed by atoms with Crippen LogP contribution >= 0.6 is 0 Å². The number of ether oxygens (including phenoxy) is 1. The molecule has 3 aromatic rings. The lowest BCUT2D eigenvalue weighted by atomic mass is 10.2. The van der Waals surface area contributed by atoms with Gasteiger partial charge in [-0.3, -0.25) is 0 Å². The second-order valence-electron chi connectivity index (χ2n) is 4.99. The fourth-order valence-corrected chi connectivity index (χ4v) is 2.16. The fourth-order valence-electron chi connectivity index (χ4n) is 2.16. The minimum atomic E-state index is -0.456. The number of aromatic nitrogens is 3. The first-order valence-electron chi connectivity index (χ1n) is 7.42. The molecule has 0 atom stereocenters. The predicted molar refractivity (Wildman–Crippen MR) is 95.0 cm³/mol. The van der Waals surface area contributed by atoms with Crippen molar-refractivity contribution in [3.05, 3.63) is 60.6 Å². The first-order valence-corrected chi connectivity index (χ1v) is 7.42. The van der Waals surface area contributed by atoms with Crippen molar-refractivity contribution < 1.29 is 9.53 Å². The number of esters is 1. The third kappa shape index (κ3) is 3.63. The molecule has 126 valence electrons. The Hall–Kier alpha value is -3.68. The van der Waals surface area contributed by atoms with E-state index in [1.54, 1.807) is 36.5 Å². The summed E-state index contributed by atoms with van der Waals surface area (Å²) in [7, 11) is 1.33. The molecule has 8 heteroatoms. The van der Waals surface area contributed by atoms with Crippen LogP contribution in [0.4, 0.5) is 28.8 Å². The molecule has 0 saturated heterocycles. The number of hydrogen-bond donors (Lipinski definition) is 3. The molecule has 0 fully saturated rings. The number of methoxy groups -OCH3 is 1. The Balaban J connectivity index is 1.90. The van der Waals surface area contributed by atoms with E-state index in [-0.39, 0.29) is 0 Å². The van der Waals surface area contributed by atoms with Crippen LogP contribution in [0.2, 0.25) is 0 Å². The van der Waals surface area contributed by atoms with Gasteiger partial charge in [-0.2, -0.15) is 0 Å². The van der Waals surface area contributed by atoms with Crippen LogP contribution in [0.5, 0.6) is 0 Å². The standard InChI is InChI=1S/C17H16N6O2/c1-25-17(24)11-6-2-3-7-12(11)22-15-14(18)16(21-10-20-15)23-13-8-4-5-9-19-13/h2-10H,18H2,1H3,(H2,19,20,21,22,23). The summed E-state index contributed by atoms with van der Waals surface area (Å²) in [5.74, 6) is 0.924. The fraction of sp³-hybridized carbons (Fsp3) is 0.0588. The van der Waals surface area contributed by atoms with Crippen LogP contribution in [0, 0.1) is 0 Å². The molecule has 0 unspecified atom stereocenters. The highest BCUT2D eigenvalue weighted by Gasteiger charge is 2.14. The van der Waals surface area contributed by atoms with E-state index in [0.717, 1.165) is 0 Å². The Morgan fingerprint density at radius 3 is 2.44 bits per heavy atom. The molecule has 3 rings (SSSR count). The van der Waals surface area contributed by atoms with Gasteiger partial charge in [0.05, 0.1) is 18.4 Å². The lowest BCUT2D eigenvalue weighted by molar-refractivity contribution is 0.0602. The van der Waals surface area contributed by atoms with Gasteiger partial charge < -0.3 is 21.1 Å². The zero-order valence-corrected chi connectivity index (χ0v) is 13.4. The van der Waals surface area contributed by atoms with E-state index in [1.807, 2.05) is 12.1 Å². The normalized spacial score (nSPS) is 10.1. The summed E-state index contributed by atoms with van der Waals surface area (Å²) in [6, 6.07) is 12.4. The van der Waals surface area contributed by atoms with Crippen molar-refractivity contribution in [2.24, 2.45) is 0 Å². The summed E-state index contributed by atoms with van der Waals surface area (Å²) in [6.45, 7) is 0. The monoisotopic (exact) mass is 336 g/mol. The lowest BCUT2D eigenvalue weighted by Gasteiger charge is -2.13. The van der Waals surface area contributed by atoms with Gasteiger partial charge in [0.15, 0.2) is 11.6 Å². The highest BCUT2D eigenvalue weighted by Crippen LogP contribution is 2.29. The van der Waals surface area contributed by atoms with Crippen LogP contribution in [0.15, 0.2) is 55.0 Å². The van der Waals surface area contributed by atoms with Gasteiger partial charge in [0.25, 0.3) is 0 Å². The lowest BCUT2D eigenvalue weighted by Crippen LogP contribution is -2.09. The first-order chi connectivity index (χ1) is 12.2. The maximum Gasteiger partial charge on any atom is 0.339 e. The number of carbonyl (C=O) groups excluding carboxylic acids is 1. The van der Waals surface area contributed by atoms with E-state index in [2.05, 4.69) is 25.6 Å². The Kier molecular flexibility index (Phi) is 4.70. The SMILES string of the molecule is COC(=O)c1ccccc1Nc1ncnc(Nc2ccccn2)c1N. The molecular weight excluding hydrogens is 320 g/mol. The van der Waals surface area contributed by atoms with Crippen molar-refractivity contribution in [1.82, 2.24) is 15.0 Å². The van der Waals surface area contributed by atoms with Crippen molar-refractivity contribution in [1.29, 1.82) is 0 Å². The maximum absolute atomic E-state index is 11.9. The zero-order valence-electron chi connectivity index (χ0n) is 13.4. The van der Waals surface area contributed by atoms with E-state index in [9.17, 15) is 4.79 Å². The van der Waals surface area contributed by atoms with E-state index in [4.69, 9.17) is 10.5 Å². The highest BCUT2D eigenvalue weighted by molar-refractivity contribution is 5.97. The van der Waals surface area contributed by atoms with Gasteiger partial charge in [0.1, 0.15) is 17.8 Å². The van der Waals surface area contributed by atoms with Gasteiger partial charge in [-0.05, 0) is 24.3 Å². The number of nitrogens with zero attached hydrogens (tertiary/aromatic N) is 3. The number of benzene rings is 1. The summed E-state index contributed by atoms with van der Waals surface area (Å²) in [5.41, 5.74) is 7.35. The van der Waals surface area contributed by atoms with Crippen LogP contribution in [0.25, 0.3) is 0 Å². The number of rotatable bonds is 5. The quantitative estimate of drug-likeness (QED) is 0.609. The molecule has 0 amide bonds. The number of nitrogens with two attached hydrogens (primary N) is 1. The van der Waals surface area contributed by atoms with E-state index >= 15 is 0 Å². The summed E-state index contributed by atoms with van der Waals surface area (Å²) < 4.78 is 4.78. The van der Waals surface area contributed by atoms with Crippen molar-refractivity contribution in [3.63, 3.8) is 0 Å². The Morgan fingerprint density at radius 1 is 1.00 bits per heavy atom. The number of hydrogen-bond acceptors (Lipinski definition) is 8. The van der Waals surface area contributed by atoms with Crippen molar-refractivity contribution in [2.75, 3.05) is 23.5 Å². The molecule has 0 radical (unpaired) electrons. The topological polar surface area (TPSA) is 115 Å². The predicted octanol–water partition coefficient (Wildman–Crippen LogP) is 2.73. The van der Waals surface area contributed by atoms with Crippen LogP contribution in [-0.4, -0.2) is 28.0 Å². The van der Waals surface area contributed by atoms with Crippen LogP contribution in [-0.2, 0) is 4.74 Å². The second kappa shape index (κ2) is 7.26. The summed E-state index contributed by atoms with van der Waals surface area (Å²) >= 11 is 0. The molecule has 25 heavy (non-hydrogen) atoms. The molecule has 2 aromatic heterocycles. The number of nitrogens with one attached hydrogen (secondary N) is 2. The average Bonchev–Trinajstić information content (AvgIpc) is 2.65. The molecule has 1 aromatic carbocycles. The zero-order chi connectivity index (χ0) is 17.6. The number of para-hydroxylation sites is 1. The van der Waals surface area contributed by atoms with Crippen LogP contribution < -0.4 is 16.4 Å². The second-order valence-corrected chi connectivity index (χ2v) is 4.99. The molecule has 0 spiro atoms. The highest BCUT2D eigenvalue weighted by atomic mass is 16.5. The molecule has 8 nitrogen and oxygen atoms in total. The van der Waals surface area contributed by atoms with Gasteiger partial charge >= 0.3 is 5.97 Å². The van der Waals surface area contributed by atoms with Gasteiger partial charge in [-0.25, -0.2) is 19.7 Å². The van der Waals surface area contributed by atoms with E-state index in [1.165, 1.54) is 13.4 Å². The molecular formula is C17H16N6O2. The van der Waals surface area contributed by atoms with E-state index < -0.39 is 5.97 Å². The van der Waals surface area contributed by atoms with Gasteiger partial charge in [-0.15, -0.1) is 0 Å². The molecule has 4 N–H and O–H groups in total. The molecule has 0 aliphatic carbocycles. The number of carbonyl (C=O) groups is 1. The number of anilines is 5. The van der Waals surface area contributed by atoms with Gasteiger partial charge in [0, 0.05) is 6.20 Å². The molecule has 0 aliphatic heterocycles. The minimum Gasteiger partial charge on any atom is -0.465 e. The summed E-state index contributed by atoms with van der Waals surface area (Å²) in [5, 5.41) is 6.07. The van der Waals surface area contributed by atoms with Gasteiger partial charge in [0.2, 0.25) is 0 Å². The van der Waals surface area contributed by atoms with E-state index in [0.29, 0.717) is 34.4 Å². The largest absolute Gasteiger partial charge is 0.465 e. The summed E-state index contributed by atoms with van der Waals surface area (Å²) in [4.78, 5) is 24.3. The third-order valence-corrected chi connectivity index (χ3v) is 3.38. The molecule has 0 bridgehead atoms. The first kappa shape index (κ1) is 16.2. The number of nitrogen functional groups attached to an aromatic ring is 1. The smallest absolute Gasteiger partial charge is 0.339 e. The Bertz CT molecular complexity index is 885. The van der Waals surface area contributed by atoms with Crippen LogP contribution in [0.1, 0.15) is 10.4 Å². The molecule has 2 heterocycles. The third-order valence-electron chi connectivity index (χ3n) is 3.38. The van der Waals surface area contributed by atoms with Crippen molar-refractivity contribution in [2.45, 2.75) is 0 Å². The summed E-state index contributed by atoms with van der Waals surface area (Å²) in [6.07, 6.45) is 3.02. The number of pyridine rings is 1. The Morgan fingerprint density at radius 2 is 1.72 bits per heavy atom. The van der Waals surface area contributed by atoms with Crippen molar-refractivity contribution in [3.8, 4) is 0 Å². The molecule has 0 aliphatic rings.